The number of carbonyl (C=O) groups is 3. The Hall–Kier alpha value is -4.15. The number of imide groups is 1. The first-order valence-electron chi connectivity index (χ1n) is 11.9. The van der Waals surface area contributed by atoms with E-state index in [1.165, 1.54) is 26.4 Å². The van der Waals surface area contributed by atoms with Crippen molar-refractivity contribution in [2.24, 2.45) is 0 Å². The molecular weight excluding hydrogens is 478 g/mol. The summed E-state index contributed by atoms with van der Waals surface area (Å²) in [7, 11) is 2.98. The second kappa shape index (κ2) is 10.5. The third-order valence-electron chi connectivity index (χ3n) is 6.59. The van der Waals surface area contributed by atoms with Gasteiger partial charge >= 0.3 is 0 Å². The summed E-state index contributed by atoms with van der Waals surface area (Å²) in [6, 6.07) is 12.9. The molecule has 1 N–H and O–H groups in total. The van der Waals surface area contributed by atoms with Crippen LogP contribution in [0.5, 0.6) is 11.5 Å². The van der Waals surface area contributed by atoms with Gasteiger partial charge in [0.15, 0.2) is 11.5 Å². The third kappa shape index (κ3) is 4.68. The van der Waals surface area contributed by atoms with Gasteiger partial charge in [-0.2, -0.15) is 0 Å². The Labute approximate surface area is 213 Å². The topological polar surface area (TPSA) is 111 Å². The van der Waals surface area contributed by atoms with Gasteiger partial charge in [0.05, 0.1) is 56.6 Å². The SMILES string of the molecule is COc1ccc(N2C(=O)c3ccc(C(=O)NCC(c4ccco4)N4CCOCC4)cc3C2=O)cc1OC. The van der Waals surface area contributed by atoms with Crippen molar-refractivity contribution < 1.29 is 33.0 Å². The number of rotatable bonds is 8. The van der Waals surface area contributed by atoms with Gasteiger partial charge in [-0.05, 0) is 42.5 Å². The van der Waals surface area contributed by atoms with E-state index in [0.717, 1.165) is 23.7 Å². The summed E-state index contributed by atoms with van der Waals surface area (Å²) < 4.78 is 21.6. The third-order valence-corrected chi connectivity index (χ3v) is 6.59. The minimum absolute atomic E-state index is 0.152. The second-order valence-corrected chi connectivity index (χ2v) is 8.63. The summed E-state index contributed by atoms with van der Waals surface area (Å²) in [6.45, 7) is 2.99. The smallest absolute Gasteiger partial charge is 0.266 e. The number of hydrogen-bond acceptors (Lipinski definition) is 8. The van der Waals surface area contributed by atoms with Crippen LogP contribution in [-0.4, -0.2) is 69.7 Å². The van der Waals surface area contributed by atoms with Crippen molar-refractivity contribution in [3.05, 3.63) is 77.2 Å². The van der Waals surface area contributed by atoms with Crippen molar-refractivity contribution in [1.29, 1.82) is 0 Å². The molecule has 10 nitrogen and oxygen atoms in total. The van der Waals surface area contributed by atoms with E-state index in [1.54, 1.807) is 30.5 Å². The largest absolute Gasteiger partial charge is 0.493 e. The van der Waals surface area contributed by atoms with Gasteiger partial charge in [0.25, 0.3) is 17.7 Å². The molecule has 192 valence electrons. The van der Waals surface area contributed by atoms with E-state index >= 15 is 0 Å². The Morgan fingerprint density at radius 2 is 1.73 bits per heavy atom. The van der Waals surface area contributed by atoms with E-state index in [-0.39, 0.29) is 28.6 Å². The summed E-state index contributed by atoms with van der Waals surface area (Å²) in [4.78, 5) is 42.6. The molecule has 0 aliphatic carbocycles. The molecular formula is C27H27N3O7. The molecule has 1 fully saturated rings. The van der Waals surface area contributed by atoms with Crippen LogP contribution in [0.4, 0.5) is 5.69 Å². The van der Waals surface area contributed by atoms with Gasteiger partial charge < -0.3 is 23.9 Å². The van der Waals surface area contributed by atoms with Gasteiger partial charge in [0, 0.05) is 31.3 Å². The average molecular weight is 506 g/mol. The van der Waals surface area contributed by atoms with Gasteiger partial charge in [-0.25, -0.2) is 4.90 Å². The lowest BCUT2D eigenvalue weighted by atomic mass is 10.0. The van der Waals surface area contributed by atoms with E-state index in [9.17, 15) is 14.4 Å². The highest BCUT2D eigenvalue weighted by Gasteiger charge is 2.37. The first-order chi connectivity index (χ1) is 18.0. The normalized spacial score (nSPS) is 16.4. The van der Waals surface area contributed by atoms with Crippen molar-refractivity contribution in [3.63, 3.8) is 0 Å². The van der Waals surface area contributed by atoms with Crippen LogP contribution in [0.3, 0.4) is 0 Å². The fourth-order valence-electron chi connectivity index (χ4n) is 4.65. The Morgan fingerprint density at radius 1 is 0.973 bits per heavy atom. The lowest BCUT2D eigenvalue weighted by Crippen LogP contribution is -2.43. The van der Waals surface area contributed by atoms with E-state index in [2.05, 4.69) is 10.2 Å². The van der Waals surface area contributed by atoms with Crippen LogP contribution in [0.15, 0.2) is 59.2 Å². The minimum Gasteiger partial charge on any atom is -0.493 e. The lowest BCUT2D eigenvalue weighted by molar-refractivity contribution is 0.0118. The number of benzene rings is 2. The number of nitrogens with one attached hydrogen (secondary N) is 1. The van der Waals surface area contributed by atoms with Gasteiger partial charge in [-0.1, -0.05) is 0 Å². The molecule has 1 aromatic heterocycles. The predicted octanol–water partition coefficient (Wildman–Crippen LogP) is 2.90. The summed E-state index contributed by atoms with van der Waals surface area (Å²) >= 11 is 0. The number of amides is 3. The molecule has 0 radical (unpaired) electrons. The van der Waals surface area contributed by atoms with Crippen LogP contribution in [0.1, 0.15) is 42.9 Å². The number of methoxy groups -OCH3 is 2. The zero-order chi connectivity index (χ0) is 25.9. The highest BCUT2D eigenvalue weighted by Crippen LogP contribution is 2.35. The molecule has 2 aliphatic heterocycles. The molecule has 3 amide bonds. The first kappa shape index (κ1) is 24.5. The molecule has 1 atom stereocenters. The zero-order valence-corrected chi connectivity index (χ0v) is 20.6. The number of furan rings is 1. The molecule has 0 bridgehead atoms. The molecule has 2 aromatic carbocycles. The average Bonchev–Trinajstić information content (AvgIpc) is 3.55. The van der Waals surface area contributed by atoms with Crippen LogP contribution in [-0.2, 0) is 4.74 Å². The molecule has 3 aromatic rings. The Balaban J connectivity index is 1.34. The predicted molar refractivity (Wildman–Crippen MR) is 133 cm³/mol. The zero-order valence-electron chi connectivity index (χ0n) is 20.6. The van der Waals surface area contributed by atoms with Crippen molar-refractivity contribution in [2.45, 2.75) is 6.04 Å². The Morgan fingerprint density at radius 3 is 2.43 bits per heavy atom. The number of carbonyl (C=O) groups excluding carboxylic acids is 3. The molecule has 10 heteroatoms. The van der Waals surface area contributed by atoms with Crippen LogP contribution in [0, 0.1) is 0 Å². The highest BCUT2D eigenvalue weighted by atomic mass is 16.5. The second-order valence-electron chi connectivity index (χ2n) is 8.63. The molecule has 2 aliphatic rings. The fraction of sp³-hybridized carbons (Fsp3) is 0.296. The van der Waals surface area contributed by atoms with E-state index in [1.807, 2.05) is 12.1 Å². The van der Waals surface area contributed by atoms with E-state index in [0.29, 0.717) is 36.9 Å². The van der Waals surface area contributed by atoms with Crippen LogP contribution < -0.4 is 19.7 Å². The van der Waals surface area contributed by atoms with Gasteiger partial charge in [0.2, 0.25) is 0 Å². The van der Waals surface area contributed by atoms with Gasteiger partial charge in [-0.3, -0.25) is 19.3 Å². The molecule has 37 heavy (non-hydrogen) atoms. The number of morpholine rings is 1. The standard InChI is InChI=1S/C27H27N3O7/c1-34-23-8-6-18(15-24(23)35-2)30-26(32)19-7-5-17(14-20(19)27(30)33)25(31)28-16-21(22-4-3-11-37-22)29-9-12-36-13-10-29/h3-8,11,14-15,21H,9-10,12-13,16H2,1-2H3,(H,28,31). The number of fused-ring (bicyclic) bond motifs is 1. The number of hydrogen-bond donors (Lipinski definition) is 1. The van der Waals surface area contributed by atoms with Gasteiger partial charge in [-0.15, -0.1) is 0 Å². The number of nitrogens with zero attached hydrogens (tertiary/aromatic N) is 2. The summed E-state index contributed by atoms with van der Waals surface area (Å²) in [6.07, 6.45) is 1.61. The van der Waals surface area contributed by atoms with Crippen LogP contribution in [0.25, 0.3) is 0 Å². The molecule has 1 saturated heterocycles. The quantitative estimate of drug-likeness (QED) is 0.466. The first-order valence-corrected chi connectivity index (χ1v) is 11.9. The summed E-state index contributed by atoms with van der Waals surface area (Å²) in [5.74, 6) is 0.294. The number of ether oxygens (including phenoxy) is 3. The van der Waals surface area contributed by atoms with Crippen molar-refractivity contribution in [3.8, 4) is 11.5 Å². The van der Waals surface area contributed by atoms with Crippen molar-refractivity contribution in [2.75, 3.05) is 52.0 Å². The molecule has 5 rings (SSSR count). The number of anilines is 1. The maximum Gasteiger partial charge on any atom is 0.266 e. The van der Waals surface area contributed by atoms with Crippen molar-refractivity contribution >= 4 is 23.4 Å². The fourth-order valence-corrected chi connectivity index (χ4v) is 4.65. The maximum absolute atomic E-state index is 13.2. The lowest BCUT2D eigenvalue weighted by Gasteiger charge is -2.33. The van der Waals surface area contributed by atoms with Crippen LogP contribution in [0.2, 0.25) is 0 Å². The highest BCUT2D eigenvalue weighted by molar-refractivity contribution is 6.34. The van der Waals surface area contributed by atoms with E-state index in [4.69, 9.17) is 18.6 Å². The van der Waals surface area contributed by atoms with Crippen LogP contribution >= 0.6 is 0 Å². The Bertz CT molecular complexity index is 1320. The molecule has 3 heterocycles. The molecule has 0 saturated carbocycles. The monoisotopic (exact) mass is 505 g/mol. The summed E-state index contributed by atoms with van der Waals surface area (Å²) in [5.41, 5.74) is 1.04. The Kier molecular flexibility index (Phi) is 6.93. The summed E-state index contributed by atoms with van der Waals surface area (Å²) in [5, 5.41) is 2.95. The maximum atomic E-state index is 13.2. The van der Waals surface area contributed by atoms with E-state index < -0.39 is 11.8 Å². The van der Waals surface area contributed by atoms with Crippen molar-refractivity contribution in [1.82, 2.24) is 10.2 Å². The molecule has 1 unspecified atom stereocenters. The molecule has 0 spiro atoms. The minimum atomic E-state index is -0.511. The van der Waals surface area contributed by atoms with Gasteiger partial charge in [0.1, 0.15) is 5.76 Å².